The van der Waals surface area contributed by atoms with Crippen LogP contribution in [0.15, 0.2) is 16.6 Å². The van der Waals surface area contributed by atoms with Crippen LogP contribution in [0.4, 0.5) is 14.5 Å². The number of amides is 1. The van der Waals surface area contributed by atoms with Gasteiger partial charge in [-0.3, -0.25) is 4.79 Å². The molecule has 6 heteroatoms. The summed E-state index contributed by atoms with van der Waals surface area (Å²) in [6.45, 7) is 2.78. The average Bonchev–Trinajstić information content (AvgIpc) is 2.26. The predicted octanol–water partition coefficient (Wildman–Crippen LogP) is 2.67. The van der Waals surface area contributed by atoms with Gasteiger partial charge >= 0.3 is 0 Å². The normalized spacial score (nSPS) is 10.4. The van der Waals surface area contributed by atoms with Crippen molar-refractivity contribution in [2.75, 3.05) is 18.4 Å². The van der Waals surface area contributed by atoms with Crippen molar-refractivity contribution in [3.05, 3.63) is 28.2 Å². The molecular formula is C11H13BrF2N2O. The Bertz CT molecular complexity index is 413. The molecule has 0 saturated heterocycles. The molecule has 1 amide bonds. The summed E-state index contributed by atoms with van der Waals surface area (Å²) >= 11 is 2.93. The van der Waals surface area contributed by atoms with Crippen LogP contribution in [0, 0.1) is 11.6 Å². The van der Waals surface area contributed by atoms with Crippen LogP contribution in [0.3, 0.4) is 0 Å². The Hall–Kier alpha value is -1.01. The van der Waals surface area contributed by atoms with Gasteiger partial charge in [-0.15, -0.1) is 0 Å². The minimum Gasteiger partial charge on any atom is -0.322 e. The molecule has 0 aromatic heterocycles. The van der Waals surface area contributed by atoms with Gasteiger partial charge in [0, 0.05) is 6.07 Å². The first-order valence-electron chi connectivity index (χ1n) is 5.19. The lowest BCUT2D eigenvalue weighted by Crippen LogP contribution is -2.28. The third-order valence-electron chi connectivity index (χ3n) is 2.00. The van der Waals surface area contributed by atoms with Crippen molar-refractivity contribution in [2.24, 2.45) is 0 Å². The van der Waals surface area contributed by atoms with Crippen molar-refractivity contribution in [3.63, 3.8) is 0 Å². The number of benzene rings is 1. The van der Waals surface area contributed by atoms with Gasteiger partial charge < -0.3 is 10.6 Å². The van der Waals surface area contributed by atoms with E-state index in [0.29, 0.717) is 6.54 Å². The molecule has 1 aromatic rings. The monoisotopic (exact) mass is 306 g/mol. The average molecular weight is 307 g/mol. The summed E-state index contributed by atoms with van der Waals surface area (Å²) in [7, 11) is 0. The number of nitrogens with one attached hydrogen (secondary N) is 2. The van der Waals surface area contributed by atoms with Crippen LogP contribution < -0.4 is 10.6 Å². The molecule has 0 fully saturated rings. The van der Waals surface area contributed by atoms with Gasteiger partial charge in [-0.25, -0.2) is 8.78 Å². The highest BCUT2D eigenvalue weighted by Gasteiger charge is 2.10. The van der Waals surface area contributed by atoms with Crippen molar-refractivity contribution in [3.8, 4) is 0 Å². The summed E-state index contributed by atoms with van der Waals surface area (Å²) in [6, 6.07) is 1.92. The smallest absolute Gasteiger partial charge is 0.238 e. The minimum atomic E-state index is -0.797. The second-order valence-electron chi connectivity index (χ2n) is 3.47. The molecule has 0 heterocycles. The van der Waals surface area contributed by atoms with Crippen molar-refractivity contribution in [1.82, 2.24) is 5.32 Å². The van der Waals surface area contributed by atoms with Gasteiger partial charge in [0.1, 0.15) is 11.6 Å². The first-order valence-corrected chi connectivity index (χ1v) is 5.99. The van der Waals surface area contributed by atoms with E-state index in [4.69, 9.17) is 0 Å². The second-order valence-corrected chi connectivity index (χ2v) is 4.33. The summed E-state index contributed by atoms with van der Waals surface area (Å²) in [6.07, 6.45) is 0.906. The number of anilines is 1. The maximum absolute atomic E-state index is 13.3. The van der Waals surface area contributed by atoms with Crippen LogP contribution >= 0.6 is 15.9 Å². The minimum absolute atomic E-state index is 0.0402. The van der Waals surface area contributed by atoms with Gasteiger partial charge in [-0.05, 0) is 35.0 Å². The van der Waals surface area contributed by atoms with Gasteiger partial charge in [0.25, 0.3) is 0 Å². The zero-order chi connectivity index (χ0) is 12.8. The van der Waals surface area contributed by atoms with Crippen molar-refractivity contribution in [2.45, 2.75) is 13.3 Å². The molecule has 0 saturated carbocycles. The molecule has 0 radical (unpaired) electrons. The molecule has 1 rings (SSSR count). The van der Waals surface area contributed by atoms with Gasteiger partial charge in [0.05, 0.1) is 16.7 Å². The van der Waals surface area contributed by atoms with Crippen LogP contribution in [-0.2, 0) is 4.79 Å². The fraction of sp³-hybridized carbons (Fsp3) is 0.364. The van der Waals surface area contributed by atoms with Crippen LogP contribution in [0.5, 0.6) is 0 Å². The van der Waals surface area contributed by atoms with E-state index in [9.17, 15) is 13.6 Å². The fourth-order valence-electron chi connectivity index (χ4n) is 1.19. The third-order valence-corrected chi connectivity index (χ3v) is 2.60. The second kappa shape index (κ2) is 6.66. The van der Waals surface area contributed by atoms with Crippen LogP contribution in [0.2, 0.25) is 0 Å². The topological polar surface area (TPSA) is 41.1 Å². The summed E-state index contributed by atoms with van der Waals surface area (Å²) in [5, 5.41) is 5.24. The van der Waals surface area contributed by atoms with E-state index in [2.05, 4.69) is 26.6 Å². The number of rotatable bonds is 5. The Balaban J connectivity index is 2.62. The molecule has 2 N–H and O–H groups in total. The number of carbonyl (C=O) groups excluding carboxylic acids is 1. The van der Waals surface area contributed by atoms with Crippen molar-refractivity contribution in [1.29, 1.82) is 0 Å². The largest absolute Gasteiger partial charge is 0.322 e. The van der Waals surface area contributed by atoms with Gasteiger partial charge in [-0.1, -0.05) is 6.92 Å². The highest BCUT2D eigenvalue weighted by molar-refractivity contribution is 9.10. The first kappa shape index (κ1) is 14.1. The summed E-state index contributed by atoms with van der Waals surface area (Å²) in [5.41, 5.74) is -0.0402. The maximum Gasteiger partial charge on any atom is 0.238 e. The lowest BCUT2D eigenvalue weighted by molar-refractivity contribution is -0.115. The van der Waals surface area contributed by atoms with E-state index in [-0.39, 0.29) is 22.6 Å². The van der Waals surface area contributed by atoms with Gasteiger partial charge in [0.15, 0.2) is 0 Å². The van der Waals surface area contributed by atoms with Crippen LogP contribution in [0.1, 0.15) is 13.3 Å². The first-order chi connectivity index (χ1) is 8.04. The third kappa shape index (κ3) is 4.40. The Morgan fingerprint density at radius 1 is 1.35 bits per heavy atom. The SMILES string of the molecule is CCCNCC(=O)Nc1cc(Br)c(F)cc1F. The van der Waals surface area contributed by atoms with Crippen LogP contribution in [0.25, 0.3) is 0 Å². The Morgan fingerprint density at radius 2 is 2.06 bits per heavy atom. The van der Waals surface area contributed by atoms with E-state index < -0.39 is 11.6 Å². The van der Waals surface area contributed by atoms with E-state index in [1.165, 1.54) is 6.07 Å². The predicted molar refractivity (Wildman–Crippen MR) is 65.8 cm³/mol. The Labute approximate surface area is 107 Å². The lowest BCUT2D eigenvalue weighted by atomic mass is 10.3. The molecule has 0 spiro atoms. The van der Waals surface area contributed by atoms with E-state index >= 15 is 0 Å². The van der Waals surface area contributed by atoms with Crippen molar-refractivity contribution >= 4 is 27.5 Å². The quantitative estimate of drug-likeness (QED) is 0.648. The molecule has 0 bridgehead atoms. The molecule has 0 aliphatic rings. The standard InChI is InChI=1S/C11H13BrF2N2O/c1-2-3-15-6-11(17)16-10-4-7(12)8(13)5-9(10)14/h4-5,15H,2-3,6H2,1H3,(H,16,17). The highest BCUT2D eigenvalue weighted by atomic mass is 79.9. The Kier molecular flexibility index (Phi) is 5.50. The van der Waals surface area contributed by atoms with Gasteiger partial charge in [0.2, 0.25) is 5.91 Å². The van der Waals surface area contributed by atoms with E-state index in [1.807, 2.05) is 6.92 Å². The molecule has 1 aromatic carbocycles. The number of hydrogen-bond donors (Lipinski definition) is 2. The lowest BCUT2D eigenvalue weighted by Gasteiger charge is -2.08. The van der Waals surface area contributed by atoms with Crippen molar-refractivity contribution < 1.29 is 13.6 Å². The molecule has 94 valence electrons. The summed E-state index contributed by atoms with van der Waals surface area (Å²) < 4.78 is 26.3. The van der Waals surface area contributed by atoms with Crippen LogP contribution in [-0.4, -0.2) is 19.0 Å². The number of carbonyl (C=O) groups is 1. The highest BCUT2D eigenvalue weighted by Crippen LogP contribution is 2.23. The van der Waals surface area contributed by atoms with Gasteiger partial charge in [-0.2, -0.15) is 0 Å². The molecule has 17 heavy (non-hydrogen) atoms. The molecule has 0 aliphatic heterocycles. The molecule has 0 unspecified atom stereocenters. The molecule has 3 nitrogen and oxygen atoms in total. The zero-order valence-corrected chi connectivity index (χ0v) is 10.9. The molecule has 0 aliphatic carbocycles. The van der Waals surface area contributed by atoms with E-state index in [0.717, 1.165) is 12.5 Å². The number of halogens is 3. The molecule has 0 atom stereocenters. The zero-order valence-electron chi connectivity index (χ0n) is 9.32. The summed E-state index contributed by atoms with van der Waals surface area (Å²) in [4.78, 5) is 11.4. The summed E-state index contributed by atoms with van der Waals surface area (Å²) in [5.74, 6) is -1.87. The Morgan fingerprint density at radius 3 is 2.71 bits per heavy atom. The number of hydrogen-bond acceptors (Lipinski definition) is 2. The molecular weight excluding hydrogens is 294 g/mol. The van der Waals surface area contributed by atoms with E-state index in [1.54, 1.807) is 0 Å². The maximum atomic E-state index is 13.3. The fourth-order valence-corrected chi connectivity index (χ4v) is 1.53.